The van der Waals surface area contributed by atoms with E-state index in [4.69, 9.17) is 9.47 Å². The van der Waals surface area contributed by atoms with E-state index in [9.17, 15) is 4.79 Å². The van der Waals surface area contributed by atoms with Gasteiger partial charge in [-0.1, -0.05) is 0 Å². The summed E-state index contributed by atoms with van der Waals surface area (Å²) in [5.74, 6) is -1.11. The zero-order valence-corrected chi connectivity index (χ0v) is 5.72. The third kappa shape index (κ3) is 1.21. The third-order valence-electron chi connectivity index (χ3n) is 1.02. The van der Waals surface area contributed by atoms with Gasteiger partial charge in [0.2, 0.25) is 11.9 Å². The Hall–Kier alpha value is -0.570. The average Bonchev–Trinajstić information content (AvgIpc) is 1.79. The van der Waals surface area contributed by atoms with E-state index in [2.05, 4.69) is 0 Å². The van der Waals surface area contributed by atoms with E-state index >= 15 is 0 Å². The Balaban J connectivity index is 2.65. The van der Waals surface area contributed by atoms with E-state index in [-0.39, 0.29) is 5.97 Å². The molecular weight excluding hydrogens is 120 g/mol. The summed E-state index contributed by atoms with van der Waals surface area (Å²) in [5.41, 5.74) is 0. The van der Waals surface area contributed by atoms with Crippen molar-refractivity contribution < 1.29 is 14.3 Å². The maximum absolute atomic E-state index is 10.6. The molecule has 3 heteroatoms. The lowest BCUT2D eigenvalue weighted by Gasteiger charge is -2.13. The van der Waals surface area contributed by atoms with Crippen LogP contribution in [-0.4, -0.2) is 11.8 Å². The fourth-order valence-corrected chi connectivity index (χ4v) is 0.726. The van der Waals surface area contributed by atoms with Crippen LogP contribution in [0, 0.1) is 6.10 Å². The maximum atomic E-state index is 10.6. The van der Waals surface area contributed by atoms with E-state index in [1.165, 1.54) is 0 Å². The fraction of sp³-hybridized carbons (Fsp3) is 0.667. The zero-order valence-electron chi connectivity index (χ0n) is 5.72. The molecule has 0 bridgehead atoms. The molecule has 1 fully saturated rings. The molecule has 0 aromatic heterocycles. The van der Waals surface area contributed by atoms with Gasteiger partial charge in [0.25, 0.3) is 0 Å². The number of cyclic esters (lactones) is 1. The summed E-state index contributed by atoms with van der Waals surface area (Å²) in [5, 5.41) is 0. The Labute approximate surface area is 53.9 Å². The van der Waals surface area contributed by atoms with Gasteiger partial charge >= 0.3 is 5.97 Å². The summed E-state index contributed by atoms with van der Waals surface area (Å²) < 4.78 is 9.77. The van der Waals surface area contributed by atoms with E-state index in [0.29, 0.717) is 6.10 Å². The average molecular weight is 129 g/mol. The lowest BCUT2D eigenvalue weighted by Crippen LogP contribution is -2.19. The van der Waals surface area contributed by atoms with Crippen molar-refractivity contribution in [3.05, 3.63) is 6.10 Å². The highest BCUT2D eigenvalue weighted by molar-refractivity contribution is 5.83. The SMILES string of the molecule is C[C]1OC(C)(C)OC1=O. The molecule has 0 N–H and O–H groups in total. The maximum Gasteiger partial charge on any atom is 0.344 e. The first-order valence-corrected chi connectivity index (χ1v) is 2.77. The highest BCUT2D eigenvalue weighted by atomic mass is 16.8. The molecular formula is C6H9O3. The molecule has 1 radical (unpaired) electrons. The molecule has 1 aliphatic rings. The first kappa shape index (κ1) is 6.55. The van der Waals surface area contributed by atoms with E-state index < -0.39 is 5.79 Å². The van der Waals surface area contributed by atoms with E-state index in [1.54, 1.807) is 20.8 Å². The van der Waals surface area contributed by atoms with Gasteiger partial charge in [-0.2, -0.15) is 0 Å². The Kier molecular flexibility index (Phi) is 1.24. The monoisotopic (exact) mass is 129 g/mol. The van der Waals surface area contributed by atoms with Gasteiger partial charge in [0.15, 0.2) is 0 Å². The molecule has 51 valence electrons. The van der Waals surface area contributed by atoms with Gasteiger partial charge in [-0.25, -0.2) is 4.79 Å². The Morgan fingerprint density at radius 2 is 1.89 bits per heavy atom. The molecule has 1 heterocycles. The summed E-state index contributed by atoms with van der Waals surface area (Å²) in [6, 6.07) is 0. The van der Waals surface area contributed by atoms with Gasteiger partial charge in [0.1, 0.15) is 0 Å². The highest BCUT2D eigenvalue weighted by Gasteiger charge is 2.38. The summed E-state index contributed by atoms with van der Waals surface area (Å²) in [6.07, 6.45) is 0.333. The minimum absolute atomic E-state index is 0.333. The number of rotatable bonds is 0. The number of hydrogen-bond donors (Lipinski definition) is 0. The van der Waals surface area contributed by atoms with Crippen LogP contribution in [0.3, 0.4) is 0 Å². The highest BCUT2D eigenvalue weighted by Crippen LogP contribution is 2.27. The first-order chi connectivity index (χ1) is 4.01. The van der Waals surface area contributed by atoms with Crippen molar-refractivity contribution >= 4 is 5.97 Å². The predicted octanol–water partition coefficient (Wildman–Crippen LogP) is 0.848. The van der Waals surface area contributed by atoms with Crippen molar-refractivity contribution in [3.63, 3.8) is 0 Å². The smallest absolute Gasteiger partial charge is 0.344 e. The van der Waals surface area contributed by atoms with Crippen LogP contribution in [0.5, 0.6) is 0 Å². The molecule has 0 saturated carbocycles. The van der Waals surface area contributed by atoms with Gasteiger partial charge in [-0.05, 0) is 6.92 Å². The van der Waals surface area contributed by atoms with Gasteiger partial charge in [0.05, 0.1) is 0 Å². The predicted molar refractivity (Wildman–Crippen MR) is 30.2 cm³/mol. The molecule has 0 aromatic rings. The van der Waals surface area contributed by atoms with Crippen molar-refractivity contribution in [2.75, 3.05) is 0 Å². The number of esters is 1. The molecule has 0 aromatic carbocycles. The van der Waals surface area contributed by atoms with Crippen LogP contribution in [0.4, 0.5) is 0 Å². The van der Waals surface area contributed by atoms with Crippen molar-refractivity contribution in [2.24, 2.45) is 0 Å². The van der Waals surface area contributed by atoms with Gasteiger partial charge in [0, 0.05) is 13.8 Å². The number of hydrogen-bond acceptors (Lipinski definition) is 3. The minimum atomic E-state index is -0.749. The number of carbonyl (C=O) groups is 1. The minimum Gasteiger partial charge on any atom is -0.431 e. The second kappa shape index (κ2) is 1.70. The van der Waals surface area contributed by atoms with Crippen LogP contribution in [0.25, 0.3) is 0 Å². The van der Waals surface area contributed by atoms with Gasteiger partial charge in [-0.3, -0.25) is 0 Å². The molecule has 1 aliphatic heterocycles. The van der Waals surface area contributed by atoms with Gasteiger partial charge in [-0.15, -0.1) is 0 Å². The van der Waals surface area contributed by atoms with Crippen LogP contribution in [0.1, 0.15) is 20.8 Å². The lowest BCUT2D eigenvalue weighted by molar-refractivity contribution is -0.159. The number of ether oxygens (including phenoxy) is 2. The van der Waals surface area contributed by atoms with Crippen LogP contribution in [0.15, 0.2) is 0 Å². The van der Waals surface area contributed by atoms with Crippen LogP contribution in [0.2, 0.25) is 0 Å². The molecule has 1 saturated heterocycles. The van der Waals surface area contributed by atoms with Crippen molar-refractivity contribution in [1.29, 1.82) is 0 Å². The Morgan fingerprint density at radius 1 is 1.33 bits per heavy atom. The van der Waals surface area contributed by atoms with Crippen LogP contribution >= 0.6 is 0 Å². The summed E-state index contributed by atoms with van der Waals surface area (Å²) in [4.78, 5) is 10.6. The molecule has 3 nitrogen and oxygen atoms in total. The summed E-state index contributed by atoms with van der Waals surface area (Å²) in [6.45, 7) is 4.99. The Morgan fingerprint density at radius 3 is 2.00 bits per heavy atom. The second-order valence-electron chi connectivity index (χ2n) is 2.45. The molecule has 1 rings (SSSR count). The second-order valence-corrected chi connectivity index (χ2v) is 2.45. The Bertz CT molecular complexity index is 139. The molecule has 0 amide bonds. The fourth-order valence-electron chi connectivity index (χ4n) is 0.726. The largest absolute Gasteiger partial charge is 0.431 e. The van der Waals surface area contributed by atoms with Crippen molar-refractivity contribution in [3.8, 4) is 0 Å². The van der Waals surface area contributed by atoms with E-state index in [0.717, 1.165) is 0 Å². The standard InChI is InChI=1S/C6H9O3/c1-4-5(7)9-6(2,3)8-4/h1-3H3. The quantitative estimate of drug-likeness (QED) is 0.455. The van der Waals surface area contributed by atoms with E-state index in [1.807, 2.05) is 0 Å². The first-order valence-electron chi connectivity index (χ1n) is 2.77. The van der Waals surface area contributed by atoms with Crippen LogP contribution < -0.4 is 0 Å². The molecule has 0 atom stereocenters. The third-order valence-corrected chi connectivity index (χ3v) is 1.02. The molecule has 9 heavy (non-hydrogen) atoms. The van der Waals surface area contributed by atoms with Crippen molar-refractivity contribution in [2.45, 2.75) is 26.6 Å². The van der Waals surface area contributed by atoms with Crippen molar-refractivity contribution in [1.82, 2.24) is 0 Å². The molecule has 0 spiro atoms. The molecule has 0 aliphatic carbocycles. The zero-order chi connectivity index (χ0) is 7.07. The topological polar surface area (TPSA) is 35.5 Å². The number of carbonyl (C=O) groups excluding carboxylic acids is 1. The van der Waals surface area contributed by atoms with Crippen LogP contribution in [-0.2, 0) is 14.3 Å². The normalized spacial score (nSPS) is 26.3. The summed E-state index contributed by atoms with van der Waals surface area (Å²) >= 11 is 0. The lowest BCUT2D eigenvalue weighted by atomic mass is 10.4. The molecule has 0 unspecified atom stereocenters. The van der Waals surface area contributed by atoms with Gasteiger partial charge < -0.3 is 9.47 Å². The summed E-state index contributed by atoms with van der Waals surface area (Å²) in [7, 11) is 0.